The molecule has 0 aliphatic carbocycles. The SMILES string of the molecule is CCNC(=O)[C@H](C)N(Cc1ccc(OC)cc1)C(=O)CSCc1ccc(C)cc1. The number of methoxy groups -OCH3 is 1. The topological polar surface area (TPSA) is 58.6 Å². The molecule has 2 rings (SSSR count). The molecule has 1 N–H and O–H groups in total. The van der Waals surface area contributed by atoms with Crippen LogP contribution in [0, 0.1) is 6.92 Å². The van der Waals surface area contributed by atoms with Crippen LogP contribution in [0.5, 0.6) is 5.75 Å². The Hall–Kier alpha value is -2.47. The highest BCUT2D eigenvalue weighted by molar-refractivity contribution is 7.99. The van der Waals surface area contributed by atoms with Crippen LogP contribution in [0.25, 0.3) is 0 Å². The van der Waals surface area contributed by atoms with E-state index in [1.54, 1.807) is 30.7 Å². The van der Waals surface area contributed by atoms with Crippen LogP contribution in [-0.2, 0) is 21.9 Å². The second kappa shape index (κ2) is 11.5. The van der Waals surface area contributed by atoms with Gasteiger partial charge in [0.2, 0.25) is 11.8 Å². The summed E-state index contributed by atoms with van der Waals surface area (Å²) >= 11 is 1.56. The molecule has 156 valence electrons. The highest BCUT2D eigenvalue weighted by Crippen LogP contribution is 2.18. The van der Waals surface area contributed by atoms with Crippen molar-refractivity contribution in [3.05, 3.63) is 65.2 Å². The van der Waals surface area contributed by atoms with E-state index in [-0.39, 0.29) is 11.8 Å². The molecule has 0 aliphatic rings. The third-order valence-electron chi connectivity index (χ3n) is 4.65. The Morgan fingerprint density at radius 2 is 1.69 bits per heavy atom. The van der Waals surface area contributed by atoms with Gasteiger partial charge in [0, 0.05) is 18.8 Å². The molecule has 2 aromatic carbocycles. The molecular weight excluding hydrogens is 384 g/mol. The Balaban J connectivity index is 2.04. The van der Waals surface area contributed by atoms with Crippen molar-refractivity contribution in [3.63, 3.8) is 0 Å². The van der Waals surface area contributed by atoms with Crippen LogP contribution in [-0.4, -0.2) is 42.2 Å². The Kier molecular flexibility index (Phi) is 9.06. The number of thioether (sulfide) groups is 1. The van der Waals surface area contributed by atoms with E-state index >= 15 is 0 Å². The van der Waals surface area contributed by atoms with Gasteiger partial charge in [-0.25, -0.2) is 0 Å². The fraction of sp³-hybridized carbons (Fsp3) is 0.391. The second-order valence-corrected chi connectivity index (χ2v) is 7.90. The lowest BCUT2D eigenvalue weighted by Gasteiger charge is -2.28. The first-order valence-corrected chi connectivity index (χ1v) is 10.9. The summed E-state index contributed by atoms with van der Waals surface area (Å²) < 4.78 is 5.19. The number of benzene rings is 2. The molecule has 2 amide bonds. The van der Waals surface area contributed by atoms with Gasteiger partial charge < -0.3 is 15.0 Å². The van der Waals surface area contributed by atoms with Crippen LogP contribution in [0.1, 0.15) is 30.5 Å². The van der Waals surface area contributed by atoms with E-state index in [1.807, 2.05) is 31.2 Å². The summed E-state index contributed by atoms with van der Waals surface area (Å²) in [4.78, 5) is 27.0. The third-order valence-corrected chi connectivity index (χ3v) is 5.63. The Labute approximate surface area is 177 Å². The van der Waals surface area contributed by atoms with Crippen molar-refractivity contribution in [3.8, 4) is 5.75 Å². The predicted octanol–water partition coefficient (Wildman–Crippen LogP) is 3.79. The van der Waals surface area contributed by atoms with Crippen LogP contribution in [0.15, 0.2) is 48.5 Å². The zero-order valence-electron chi connectivity index (χ0n) is 17.6. The summed E-state index contributed by atoms with van der Waals surface area (Å²) in [7, 11) is 1.62. The lowest BCUT2D eigenvalue weighted by molar-refractivity contribution is -0.138. The number of hydrogen-bond donors (Lipinski definition) is 1. The number of amides is 2. The number of carbonyl (C=O) groups is 2. The van der Waals surface area contributed by atoms with Crippen molar-refractivity contribution in [1.29, 1.82) is 0 Å². The Morgan fingerprint density at radius 1 is 1.07 bits per heavy atom. The predicted molar refractivity (Wildman–Crippen MR) is 119 cm³/mol. The first-order valence-electron chi connectivity index (χ1n) is 9.78. The standard InChI is InChI=1S/C23H30N2O3S/c1-5-24-23(27)18(3)25(14-19-10-12-21(28-4)13-11-19)22(26)16-29-15-20-8-6-17(2)7-9-20/h6-13,18H,5,14-16H2,1-4H3,(H,24,27)/t18-/m0/s1. The highest BCUT2D eigenvalue weighted by Gasteiger charge is 2.25. The maximum absolute atomic E-state index is 13.0. The van der Waals surface area contributed by atoms with Gasteiger partial charge in [0.25, 0.3) is 0 Å². The van der Waals surface area contributed by atoms with Crippen LogP contribution >= 0.6 is 11.8 Å². The molecule has 6 heteroatoms. The highest BCUT2D eigenvalue weighted by atomic mass is 32.2. The summed E-state index contributed by atoms with van der Waals surface area (Å²) in [5.41, 5.74) is 3.36. The molecule has 29 heavy (non-hydrogen) atoms. The maximum atomic E-state index is 13.0. The lowest BCUT2D eigenvalue weighted by Crippen LogP contribution is -2.48. The second-order valence-electron chi connectivity index (χ2n) is 6.92. The molecule has 0 bridgehead atoms. The van der Waals surface area contributed by atoms with E-state index in [1.165, 1.54) is 11.1 Å². The van der Waals surface area contributed by atoms with Gasteiger partial charge in [-0.1, -0.05) is 42.0 Å². The molecule has 0 aliphatic heterocycles. The van der Waals surface area contributed by atoms with Gasteiger partial charge in [0.05, 0.1) is 12.9 Å². The Bertz CT molecular complexity index is 791. The first-order chi connectivity index (χ1) is 13.9. The Morgan fingerprint density at radius 3 is 2.28 bits per heavy atom. The molecule has 1 atom stereocenters. The molecule has 0 aromatic heterocycles. The number of nitrogens with one attached hydrogen (secondary N) is 1. The molecule has 2 aromatic rings. The number of likely N-dealkylation sites (N-methyl/N-ethyl adjacent to an activating group) is 1. The number of aryl methyl sites for hydroxylation is 1. The number of carbonyl (C=O) groups excluding carboxylic acids is 2. The first kappa shape index (κ1) is 22.8. The average Bonchev–Trinajstić information content (AvgIpc) is 2.73. The zero-order valence-corrected chi connectivity index (χ0v) is 18.4. The summed E-state index contributed by atoms with van der Waals surface area (Å²) in [6, 6.07) is 15.3. The minimum atomic E-state index is -0.537. The number of rotatable bonds is 10. The van der Waals surface area contributed by atoms with Gasteiger partial charge in [0.1, 0.15) is 11.8 Å². The monoisotopic (exact) mass is 414 g/mol. The maximum Gasteiger partial charge on any atom is 0.242 e. The van der Waals surface area contributed by atoms with Crippen LogP contribution in [0.3, 0.4) is 0 Å². The average molecular weight is 415 g/mol. The lowest BCUT2D eigenvalue weighted by atomic mass is 10.1. The smallest absolute Gasteiger partial charge is 0.242 e. The molecule has 0 radical (unpaired) electrons. The van der Waals surface area contributed by atoms with E-state index in [2.05, 4.69) is 36.5 Å². The van der Waals surface area contributed by atoms with Crippen molar-refractivity contribution in [2.75, 3.05) is 19.4 Å². The molecule has 0 fully saturated rings. The molecular formula is C23H30N2O3S. The van der Waals surface area contributed by atoms with E-state index in [0.717, 1.165) is 17.1 Å². The van der Waals surface area contributed by atoms with Crippen molar-refractivity contribution >= 4 is 23.6 Å². The summed E-state index contributed by atoms with van der Waals surface area (Å²) in [5, 5.41) is 2.81. The number of nitrogens with zero attached hydrogens (tertiary/aromatic N) is 1. The van der Waals surface area contributed by atoms with Crippen LogP contribution in [0.4, 0.5) is 0 Å². The van der Waals surface area contributed by atoms with Gasteiger partial charge in [-0.2, -0.15) is 0 Å². The molecule has 0 heterocycles. The van der Waals surface area contributed by atoms with E-state index in [0.29, 0.717) is 18.8 Å². The summed E-state index contributed by atoms with van der Waals surface area (Å²) in [6.45, 7) is 6.62. The van der Waals surface area contributed by atoms with E-state index < -0.39 is 6.04 Å². The van der Waals surface area contributed by atoms with Crippen molar-refractivity contribution in [2.24, 2.45) is 0 Å². The van der Waals surface area contributed by atoms with Crippen molar-refractivity contribution in [1.82, 2.24) is 10.2 Å². The minimum absolute atomic E-state index is 0.0447. The molecule has 0 saturated heterocycles. The molecule has 5 nitrogen and oxygen atoms in total. The normalized spacial score (nSPS) is 11.6. The quantitative estimate of drug-likeness (QED) is 0.643. The van der Waals surface area contributed by atoms with Gasteiger partial charge in [-0.3, -0.25) is 9.59 Å². The van der Waals surface area contributed by atoms with Gasteiger partial charge in [-0.15, -0.1) is 11.8 Å². The van der Waals surface area contributed by atoms with E-state index in [4.69, 9.17) is 4.74 Å². The van der Waals surface area contributed by atoms with E-state index in [9.17, 15) is 9.59 Å². The van der Waals surface area contributed by atoms with Crippen molar-refractivity contribution < 1.29 is 14.3 Å². The minimum Gasteiger partial charge on any atom is -0.497 e. The third kappa shape index (κ3) is 7.13. The molecule has 0 saturated carbocycles. The summed E-state index contributed by atoms with van der Waals surface area (Å²) in [6.07, 6.45) is 0. The number of ether oxygens (including phenoxy) is 1. The van der Waals surface area contributed by atoms with Gasteiger partial charge in [0.15, 0.2) is 0 Å². The van der Waals surface area contributed by atoms with Crippen molar-refractivity contribution in [2.45, 2.75) is 39.1 Å². The zero-order chi connectivity index (χ0) is 21.2. The molecule has 0 unspecified atom stereocenters. The molecule has 0 spiro atoms. The van der Waals surface area contributed by atoms with Gasteiger partial charge in [-0.05, 0) is 44.0 Å². The number of hydrogen-bond acceptors (Lipinski definition) is 4. The van der Waals surface area contributed by atoms with Crippen LogP contribution in [0.2, 0.25) is 0 Å². The van der Waals surface area contributed by atoms with Crippen LogP contribution < -0.4 is 10.1 Å². The fourth-order valence-corrected chi connectivity index (χ4v) is 3.73. The fourth-order valence-electron chi connectivity index (χ4n) is 2.86. The summed E-state index contributed by atoms with van der Waals surface area (Å²) in [5.74, 6) is 1.66. The largest absolute Gasteiger partial charge is 0.497 e. The van der Waals surface area contributed by atoms with Gasteiger partial charge >= 0.3 is 0 Å².